The Morgan fingerprint density at radius 3 is 1.43 bits per heavy atom. The van der Waals surface area contributed by atoms with Crippen LogP contribution >= 0.6 is 0 Å². The zero-order valence-electron chi connectivity index (χ0n) is 9.13. The van der Waals surface area contributed by atoms with Crippen LogP contribution in [0.5, 0.6) is 0 Å². The molecule has 0 rings (SSSR count). The summed E-state index contributed by atoms with van der Waals surface area (Å²) < 4.78 is 0. The maximum atomic E-state index is 10.3. The Morgan fingerprint density at radius 2 is 1.29 bits per heavy atom. The van der Waals surface area contributed by atoms with Gasteiger partial charge in [0.05, 0.1) is 12.8 Å². The summed E-state index contributed by atoms with van der Waals surface area (Å²) in [6.45, 7) is 0. The Kier molecular flexibility index (Phi) is 5.70. The van der Waals surface area contributed by atoms with Gasteiger partial charge in [0.1, 0.15) is 0 Å². The summed E-state index contributed by atoms with van der Waals surface area (Å²) in [5, 5.41) is 33.8. The van der Waals surface area contributed by atoms with E-state index in [1.165, 1.54) is 0 Å². The molecule has 0 unspecified atom stereocenters. The molecule has 0 heterocycles. The van der Waals surface area contributed by atoms with E-state index in [2.05, 4.69) is 0 Å². The molecule has 0 aliphatic carbocycles. The average Bonchev–Trinajstić information content (AvgIpc) is 1.82. The molecule has 8 heteroatoms. The number of carboxylic acids is 3. The van der Waals surface area contributed by atoms with Crippen LogP contribution in [0.3, 0.4) is 0 Å². The summed E-state index contributed by atoms with van der Waals surface area (Å²) in [5.41, 5.74) is -2.74. The molecule has 4 N–H and O–H groups in total. The Hall–Kier alpha value is -1.46. The molecule has 0 atom stereocenters. The Balaban J connectivity index is -0.000000240. The number of rotatable bonds is 5. The van der Waals surface area contributed by atoms with Crippen molar-refractivity contribution in [3.63, 3.8) is 0 Å². The van der Waals surface area contributed by atoms with E-state index in [4.69, 9.17) is 20.4 Å². The summed E-state index contributed by atoms with van der Waals surface area (Å²) in [5.74, 6) is -5.02. The second kappa shape index (κ2) is 5.31. The van der Waals surface area contributed by atoms with Crippen molar-refractivity contribution in [1.82, 2.24) is 0 Å². The first kappa shape index (κ1) is 15.0. The SMILES string of the molecule is O=C(O)CC(O)(CC(=O)O)C(=O)O.[Be+2].[H-].[H-]. The first-order valence-corrected chi connectivity index (χ1v) is 3.17. The van der Waals surface area contributed by atoms with E-state index in [1.807, 2.05) is 0 Å². The first-order valence-electron chi connectivity index (χ1n) is 3.17. The minimum atomic E-state index is -2.74. The van der Waals surface area contributed by atoms with Crippen LogP contribution in [-0.2, 0) is 14.4 Å². The maximum Gasteiger partial charge on any atom is 2.00 e. The van der Waals surface area contributed by atoms with Crippen molar-refractivity contribution >= 4 is 28.0 Å². The molecule has 0 fully saturated rings. The van der Waals surface area contributed by atoms with E-state index in [0.29, 0.717) is 0 Å². The van der Waals surface area contributed by atoms with Gasteiger partial charge < -0.3 is 23.3 Å². The molecule has 0 aromatic rings. The first-order chi connectivity index (χ1) is 5.78. The normalized spacial score (nSPS) is 10.1. The van der Waals surface area contributed by atoms with Crippen molar-refractivity contribution in [1.29, 1.82) is 0 Å². The minimum absolute atomic E-state index is 0. The monoisotopic (exact) mass is 203 g/mol. The molecule has 0 aromatic carbocycles. The van der Waals surface area contributed by atoms with Crippen LogP contribution in [0.25, 0.3) is 0 Å². The van der Waals surface area contributed by atoms with Crippen LogP contribution in [0.4, 0.5) is 0 Å². The second-order valence-electron chi connectivity index (χ2n) is 2.48. The van der Waals surface area contributed by atoms with E-state index in [0.717, 1.165) is 0 Å². The Bertz CT molecular complexity index is 241. The van der Waals surface area contributed by atoms with Gasteiger partial charge in [-0.2, -0.15) is 0 Å². The zero-order valence-corrected chi connectivity index (χ0v) is 7.13. The van der Waals surface area contributed by atoms with Crippen LogP contribution in [0, 0.1) is 0 Å². The van der Waals surface area contributed by atoms with Crippen molar-refractivity contribution in [3.8, 4) is 0 Å². The molecule has 0 aliphatic heterocycles. The Labute approximate surface area is 85.2 Å². The van der Waals surface area contributed by atoms with E-state index in [1.54, 1.807) is 0 Å². The fourth-order valence-electron chi connectivity index (χ4n) is 0.714. The molecule has 0 spiro atoms. The van der Waals surface area contributed by atoms with Crippen molar-refractivity contribution < 1.29 is 37.7 Å². The van der Waals surface area contributed by atoms with Crippen LogP contribution in [0.15, 0.2) is 0 Å². The fourth-order valence-corrected chi connectivity index (χ4v) is 0.714. The second-order valence-corrected chi connectivity index (χ2v) is 2.48. The third-order valence-electron chi connectivity index (χ3n) is 1.29. The van der Waals surface area contributed by atoms with Crippen LogP contribution in [0.1, 0.15) is 15.7 Å². The number of aliphatic carboxylic acids is 3. The summed E-state index contributed by atoms with van der Waals surface area (Å²) in [6, 6.07) is 0. The van der Waals surface area contributed by atoms with E-state index in [9.17, 15) is 14.4 Å². The molecule has 0 saturated carbocycles. The number of hydrogen-bond acceptors (Lipinski definition) is 4. The van der Waals surface area contributed by atoms with Crippen molar-refractivity contribution in [2.75, 3.05) is 0 Å². The molecular formula is C6H10BeO7. The summed E-state index contributed by atoms with van der Waals surface area (Å²) in [4.78, 5) is 30.5. The predicted octanol–water partition coefficient (Wildman–Crippen LogP) is -1.40. The smallest absolute Gasteiger partial charge is 1.00 e. The van der Waals surface area contributed by atoms with Gasteiger partial charge in [-0.05, 0) is 0 Å². The summed E-state index contributed by atoms with van der Waals surface area (Å²) in [7, 11) is 0. The number of aliphatic hydroxyl groups is 1. The summed E-state index contributed by atoms with van der Waals surface area (Å²) >= 11 is 0. The third kappa shape index (κ3) is 4.54. The predicted molar refractivity (Wildman–Crippen MR) is 45.1 cm³/mol. The molecule has 78 valence electrons. The van der Waals surface area contributed by atoms with Crippen LogP contribution in [0.2, 0.25) is 0 Å². The van der Waals surface area contributed by atoms with Gasteiger partial charge in [-0.25, -0.2) is 4.79 Å². The van der Waals surface area contributed by atoms with Gasteiger partial charge in [0, 0.05) is 0 Å². The van der Waals surface area contributed by atoms with Gasteiger partial charge in [-0.1, -0.05) is 0 Å². The largest absolute Gasteiger partial charge is 2.00 e. The third-order valence-corrected chi connectivity index (χ3v) is 1.29. The number of carboxylic acid groups (broad SMARTS) is 3. The zero-order chi connectivity index (χ0) is 10.6. The summed E-state index contributed by atoms with van der Waals surface area (Å²) in [6.07, 6.45) is -2.29. The molecular weight excluding hydrogens is 193 g/mol. The molecule has 0 bridgehead atoms. The van der Waals surface area contributed by atoms with E-state index < -0.39 is 36.4 Å². The van der Waals surface area contributed by atoms with Gasteiger partial charge >= 0.3 is 28.0 Å². The Morgan fingerprint density at radius 1 is 1.00 bits per heavy atom. The van der Waals surface area contributed by atoms with Gasteiger partial charge in [-0.15, -0.1) is 0 Å². The van der Waals surface area contributed by atoms with Crippen molar-refractivity contribution in [2.45, 2.75) is 18.4 Å². The van der Waals surface area contributed by atoms with Crippen molar-refractivity contribution in [3.05, 3.63) is 0 Å². The molecule has 0 aliphatic rings. The standard InChI is InChI=1S/C6H8O7.Be.2H/c7-3(8)1-6(13,5(11)12)2-4(9)10;;;/h13H,1-2H2,(H,7,8)(H,9,10)(H,11,12);;;/q;+2;2*-1. The quantitative estimate of drug-likeness (QED) is 0.403. The molecule has 14 heavy (non-hydrogen) atoms. The minimum Gasteiger partial charge on any atom is -1.00 e. The molecule has 0 saturated heterocycles. The van der Waals surface area contributed by atoms with Gasteiger partial charge in [-0.3, -0.25) is 9.59 Å². The van der Waals surface area contributed by atoms with Gasteiger partial charge in [0.2, 0.25) is 0 Å². The van der Waals surface area contributed by atoms with Gasteiger partial charge in [0.25, 0.3) is 0 Å². The fraction of sp³-hybridized carbons (Fsp3) is 0.500. The molecule has 0 radical (unpaired) electrons. The average molecular weight is 203 g/mol. The maximum absolute atomic E-state index is 10.3. The number of hydrogen-bond donors (Lipinski definition) is 4. The van der Waals surface area contributed by atoms with Crippen LogP contribution < -0.4 is 0 Å². The topological polar surface area (TPSA) is 132 Å². The van der Waals surface area contributed by atoms with Gasteiger partial charge in [0.15, 0.2) is 5.60 Å². The molecule has 0 aromatic heterocycles. The van der Waals surface area contributed by atoms with E-state index >= 15 is 0 Å². The molecule has 7 nitrogen and oxygen atoms in total. The molecule has 0 amide bonds. The van der Waals surface area contributed by atoms with Crippen molar-refractivity contribution in [2.24, 2.45) is 0 Å². The van der Waals surface area contributed by atoms with E-state index in [-0.39, 0.29) is 13.0 Å². The number of carbonyl (C=O) groups is 3. The van der Waals surface area contributed by atoms with Crippen LogP contribution in [-0.4, -0.2) is 54.1 Å².